The lowest BCUT2D eigenvalue weighted by Crippen LogP contribution is -2.45. The lowest BCUT2D eigenvalue weighted by atomic mass is 9.68. The molecular formula is C16H32N2. The quantitative estimate of drug-likeness (QED) is 0.789. The van der Waals surface area contributed by atoms with Gasteiger partial charge in [0.15, 0.2) is 0 Å². The Morgan fingerprint density at radius 2 is 1.67 bits per heavy atom. The Labute approximate surface area is 113 Å². The van der Waals surface area contributed by atoms with Crippen LogP contribution in [0.25, 0.3) is 0 Å². The highest BCUT2D eigenvalue weighted by molar-refractivity contribution is 4.87. The van der Waals surface area contributed by atoms with Gasteiger partial charge in [0.25, 0.3) is 0 Å². The molecule has 1 atom stereocenters. The van der Waals surface area contributed by atoms with Crippen LogP contribution in [0.3, 0.4) is 0 Å². The maximum Gasteiger partial charge on any atom is 0.0218 e. The predicted molar refractivity (Wildman–Crippen MR) is 78.5 cm³/mol. The third-order valence-corrected chi connectivity index (χ3v) is 5.19. The van der Waals surface area contributed by atoms with Crippen molar-refractivity contribution in [3.05, 3.63) is 0 Å². The zero-order chi connectivity index (χ0) is 13.2. The fourth-order valence-corrected chi connectivity index (χ4v) is 3.47. The number of hydrogen-bond acceptors (Lipinski definition) is 2. The molecule has 2 fully saturated rings. The summed E-state index contributed by atoms with van der Waals surface area (Å²) in [7, 11) is 0. The normalized spacial score (nSPS) is 31.3. The summed E-state index contributed by atoms with van der Waals surface area (Å²) in [5.74, 6) is 2.70. The van der Waals surface area contributed by atoms with Gasteiger partial charge in [-0.25, -0.2) is 0 Å². The van der Waals surface area contributed by atoms with E-state index in [2.05, 4.69) is 26.1 Å². The topological polar surface area (TPSA) is 38.0 Å². The van der Waals surface area contributed by atoms with Crippen molar-refractivity contribution in [2.24, 2.45) is 28.9 Å². The molecule has 0 aromatic carbocycles. The Kier molecular flexibility index (Phi) is 4.71. The van der Waals surface area contributed by atoms with Gasteiger partial charge in [0.1, 0.15) is 0 Å². The van der Waals surface area contributed by atoms with Crippen LogP contribution in [0, 0.1) is 23.2 Å². The lowest BCUT2D eigenvalue weighted by Gasteiger charge is -2.39. The maximum absolute atomic E-state index is 5.97. The molecule has 106 valence electrons. The molecule has 0 heterocycles. The molecule has 0 saturated heterocycles. The van der Waals surface area contributed by atoms with Crippen molar-refractivity contribution in [1.82, 2.24) is 5.32 Å². The zero-order valence-corrected chi connectivity index (χ0v) is 12.5. The average molecular weight is 252 g/mol. The molecule has 0 aromatic heterocycles. The van der Waals surface area contributed by atoms with E-state index in [0.717, 1.165) is 24.3 Å². The summed E-state index contributed by atoms with van der Waals surface area (Å²) in [6.07, 6.45) is 8.41. The minimum atomic E-state index is 0.491. The van der Waals surface area contributed by atoms with Crippen molar-refractivity contribution >= 4 is 0 Å². The van der Waals surface area contributed by atoms with Crippen molar-refractivity contribution in [1.29, 1.82) is 0 Å². The molecule has 18 heavy (non-hydrogen) atoms. The fraction of sp³-hybridized carbons (Fsp3) is 1.00. The van der Waals surface area contributed by atoms with E-state index in [1.165, 1.54) is 45.1 Å². The number of nitrogens with one attached hydrogen (secondary N) is 1. The summed E-state index contributed by atoms with van der Waals surface area (Å²) in [6, 6.07) is 0.575. The summed E-state index contributed by atoms with van der Waals surface area (Å²) in [4.78, 5) is 0. The van der Waals surface area contributed by atoms with Gasteiger partial charge in [0.05, 0.1) is 0 Å². The first-order valence-corrected chi connectivity index (χ1v) is 7.94. The molecule has 0 bridgehead atoms. The second kappa shape index (κ2) is 5.92. The van der Waals surface area contributed by atoms with E-state index >= 15 is 0 Å². The molecule has 1 unspecified atom stereocenters. The number of hydrogen-bond donors (Lipinski definition) is 2. The Balaban J connectivity index is 1.75. The van der Waals surface area contributed by atoms with Gasteiger partial charge in [-0.1, -0.05) is 20.8 Å². The number of rotatable bonds is 5. The third-order valence-electron chi connectivity index (χ3n) is 5.19. The highest BCUT2D eigenvalue weighted by Gasteiger charge is 2.33. The highest BCUT2D eigenvalue weighted by Crippen LogP contribution is 2.40. The Bertz CT molecular complexity index is 244. The SMILES string of the molecule is CC(C)(C)C1CCC(C(CN)NCC2CC2)CC1. The van der Waals surface area contributed by atoms with Gasteiger partial charge in [-0.3, -0.25) is 0 Å². The minimum Gasteiger partial charge on any atom is -0.329 e. The molecule has 2 aliphatic rings. The van der Waals surface area contributed by atoms with Crippen molar-refractivity contribution in [3.8, 4) is 0 Å². The second-order valence-corrected chi connectivity index (χ2v) is 7.67. The molecule has 2 heteroatoms. The van der Waals surface area contributed by atoms with Crippen molar-refractivity contribution in [2.45, 2.75) is 65.3 Å². The van der Waals surface area contributed by atoms with E-state index in [4.69, 9.17) is 5.73 Å². The van der Waals surface area contributed by atoms with Crippen LogP contribution >= 0.6 is 0 Å². The molecule has 2 aliphatic carbocycles. The van der Waals surface area contributed by atoms with Gasteiger partial charge < -0.3 is 11.1 Å². The summed E-state index contributed by atoms with van der Waals surface area (Å²) in [5, 5.41) is 3.73. The van der Waals surface area contributed by atoms with Crippen LogP contribution in [-0.4, -0.2) is 19.1 Å². The molecule has 2 nitrogen and oxygen atoms in total. The molecule has 3 N–H and O–H groups in total. The largest absolute Gasteiger partial charge is 0.329 e. The summed E-state index contributed by atoms with van der Waals surface area (Å²) < 4.78 is 0. The molecule has 2 rings (SSSR count). The van der Waals surface area contributed by atoms with E-state index in [9.17, 15) is 0 Å². The highest BCUT2D eigenvalue weighted by atomic mass is 14.9. The van der Waals surface area contributed by atoms with E-state index in [-0.39, 0.29) is 0 Å². The van der Waals surface area contributed by atoms with Crippen LogP contribution in [0.2, 0.25) is 0 Å². The predicted octanol–water partition coefficient (Wildman–Crippen LogP) is 3.17. The van der Waals surface area contributed by atoms with Gasteiger partial charge in [0, 0.05) is 12.6 Å². The van der Waals surface area contributed by atoms with Crippen molar-refractivity contribution < 1.29 is 0 Å². The monoisotopic (exact) mass is 252 g/mol. The van der Waals surface area contributed by atoms with E-state index in [1.807, 2.05) is 0 Å². The average Bonchev–Trinajstić information content (AvgIpc) is 3.13. The molecule has 0 radical (unpaired) electrons. The summed E-state index contributed by atoms with van der Waals surface area (Å²) >= 11 is 0. The third kappa shape index (κ3) is 3.96. The Morgan fingerprint density at radius 1 is 1.06 bits per heavy atom. The summed E-state index contributed by atoms with van der Waals surface area (Å²) in [6.45, 7) is 9.20. The van der Waals surface area contributed by atoms with Gasteiger partial charge in [-0.05, 0) is 68.2 Å². The summed E-state index contributed by atoms with van der Waals surface area (Å²) in [5.41, 5.74) is 6.46. The van der Waals surface area contributed by atoms with E-state index in [1.54, 1.807) is 0 Å². The van der Waals surface area contributed by atoms with Crippen LogP contribution in [0.4, 0.5) is 0 Å². The molecule has 2 saturated carbocycles. The van der Waals surface area contributed by atoms with Crippen LogP contribution in [0.15, 0.2) is 0 Å². The molecule has 0 amide bonds. The molecule has 0 aromatic rings. The first kappa shape index (κ1) is 14.3. The van der Waals surface area contributed by atoms with Crippen LogP contribution in [-0.2, 0) is 0 Å². The maximum atomic E-state index is 5.97. The van der Waals surface area contributed by atoms with Crippen molar-refractivity contribution in [3.63, 3.8) is 0 Å². The van der Waals surface area contributed by atoms with Crippen LogP contribution in [0.1, 0.15) is 59.3 Å². The van der Waals surface area contributed by atoms with E-state index < -0.39 is 0 Å². The van der Waals surface area contributed by atoms with Gasteiger partial charge in [-0.15, -0.1) is 0 Å². The number of nitrogens with two attached hydrogens (primary N) is 1. The fourth-order valence-electron chi connectivity index (χ4n) is 3.47. The first-order chi connectivity index (χ1) is 8.50. The molecular weight excluding hydrogens is 220 g/mol. The molecule has 0 aliphatic heterocycles. The first-order valence-electron chi connectivity index (χ1n) is 7.94. The smallest absolute Gasteiger partial charge is 0.0218 e. The van der Waals surface area contributed by atoms with Crippen LogP contribution in [0.5, 0.6) is 0 Å². The Morgan fingerprint density at radius 3 is 2.11 bits per heavy atom. The van der Waals surface area contributed by atoms with Gasteiger partial charge in [-0.2, -0.15) is 0 Å². The van der Waals surface area contributed by atoms with Gasteiger partial charge in [0.2, 0.25) is 0 Å². The zero-order valence-electron chi connectivity index (χ0n) is 12.5. The van der Waals surface area contributed by atoms with Gasteiger partial charge >= 0.3 is 0 Å². The standard InChI is InChI=1S/C16H32N2/c1-16(2,3)14-8-6-13(7-9-14)15(10-17)18-11-12-4-5-12/h12-15,18H,4-11,17H2,1-3H3. The second-order valence-electron chi connectivity index (χ2n) is 7.67. The Hall–Kier alpha value is -0.0800. The van der Waals surface area contributed by atoms with Crippen LogP contribution < -0.4 is 11.1 Å². The minimum absolute atomic E-state index is 0.491. The lowest BCUT2D eigenvalue weighted by molar-refractivity contribution is 0.133. The van der Waals surface area contributed by atoms with Crippen molar-refractivity contribution in [2.75, 3.05) is 13.1 Å². The molecule has 0 spiro atoms. The van der Waals surface area contributed by atoms with E-state index in [0.29, 0.717) is 11.5 Å².